The van der Waals surface area contributed by atoms with Gasteiger partial charge in [-0.05, 0) is 6.08 Å². The van der Waals surface area contributed by atoms with Gasteiger partial charge in [0.05, 0.1) is 14.1 Å². The maximum atomic E-state index is 11.3. The smallest absolute Gasteiger partial charge is 0.247 e. The molecular formula is C14H21N2O+. The molecule has 0 saturated carbocycles. The quantitative estimate of drug-likeness (QED) is 0.470. The summed E-state index contributed by atoms with van der Waals surface area (Å²) in [5.41, 5.74) is 1.26. The Labute approximate surface area is 103 Å². The summed E-state index contributed by atoms with van der Waals surface area (Å²) in [6.07, 6.45) is 1.35. The summed E-state index contributed by atoms with van der Waals surface area (Å²) in [4.78, 5) is 11.3. The minimum atomic E-state index is -0.128. The van der Waals surface area contributed by atoms with Crippen molar-refractivity contribution in [2.24, 2.45) is 0 Å². The zero-order valence-corrected chi connectivity index (χ0v) is 10.8. The van der Waals surface area contributed by atoms with Crippen LogP contribution in [0.15, 0.2) is 43.0 Å². The van der Waals surface area contributed by atoms with Crippen LogP contribution in [0.1, 0.15) is 12.5 Å². The van der Waals surface area contributed by atoms with Crippen LogP contribution in [0.25, 0.3) is 0 Å². The molecule has 3 heteroatoms. The Balaban J connectivity index is 2.67. The van der Waals surface area contributed by atoms with Crippen molar-refractivity contribution in [2.75, 3.05) is 14.1 Å². The van der Waals surface area contributed by atoms with Crippen LogP contribution in [0.5, 0.6) is 0 Å². The maximum absolute atomic E-state index is 11.3. The van der Waals surface area contributed by atoms with E-state index in [4.69, 9.17) is 0 Å². The van der Waals surface area contributed by atoms with Crippen LogP contribution in [0.3, 0.4) is 0 Å². The number of quaternary nitrogens is 1. The Kier molecular flexibility index (Phi) is 4.46. The highest BCUT2D eigenvalue weighted by molar-refractivity contribution is 5.86. The molecule has 1 amide bonds. The van der Waals surface area contributed by atoms with Gasteiger partial charge in [-0.3, -0.25) is 4.79 Å². The number of hydrogen-bond donors (Lipinski definition) is 1. The molecule has 17 heavy (non-hydrogen) atoms. The first-order valence-electron chi connectivity index (χ1n) is 5.75. The van der Waals surface area contributed by atoms with Gasteiger partial charge in [-0.2, -0.15) is 0 Å². The molecule has 1 unspecified atom stereocenters. The first-order valence-corrected chi connectivity index (χ1v) is 5.75. The average molecular weight is 233 g/mol. The lowest BCUT2D eigenvalue weighted by Crippen LogP contribution is -2.55. The fraction of sp³-hybridized carbons (Fsp3) is 0.357. The predicted molar refractivity (Wildman–Crippen MR) is 70.1 cm³/mol. The van der Waals surface area contributed by atoms with Gasteiger partial charge in [0.25, 0.3) is 0 Å². The molecule has 0 aliphatic carbocycles. The van der Waals surface area contributed by atoms with Crippen LogP contribution in [0.4, 0.5) is 0 Å². The molecule has 0 saturated heterocycles. The maximum Gasteiger partial charge on any atom is 0.247 e. The van der Waals surface area contributed by atoms with Gasteiger partial charge in [-0.1, -0.05) is 36.9 Å². The highest BCUT2D eigenvalue weighted by Crippen LogP contribution is 2.12. The lowest BCUT2D eigenvalue weighted by molar-refractivity contribution is -0.928. The molecule has 1 N–H and O–H groups in total. The highest BCUT2D eigenvalue weighted by Gasteiger charge is 2.24. The van der Waals surface area contributed by atoms with Crippen LogP contribution in [-0.4, -0.2) is 30.7 Å². The van der Waals surface area contributed by atoms with Crippen molar-refractivity contribution >= 4 is 5.91 Å². The van der Waals surface area contributed by atoms with Crippen molar-refractivity contribution in [1.29, 1.82) is 0 Å². The molecule has 92 valence electrons. The van der Waals surface area contributed by atoms with Crippen molar-refractivity contribution < 1.29 is 9.28 Å². The van der Waals surface area contributed by atoms with E-state index in [-0.39, 0.29) is 12.1 Å². The fourth-order valence-corrected chi connectivity index (χ4v) is 1.63. The molecule has 1 rings (SSSR count). The normalized spacial score (nSPS) is 12.9. The van der Waals surface area contributed by atoms with Gasteiger partial charge >= 0.3 is 0 Å². The summed E-state index contributed by atoms with van der Waals surface area (Å²) in [7, 11) is 4.20. The Morgan fingerprint density at radius 3 is 2.53 bits per heavy atom. The predicted octanol–water partition coefficient (Wildman–Crippen LogP) is 1.91. The van der Waals surface area contributed by atoms with Crippen molar-refractivity contribution in [3.05, 3.63) is 48.6 Å². The molecule has 0 aliphatic heterocycles. The van der Waals surface area contributed by atoms with Crippen molar-refractivity contribution in [3.63, 3.8) is 0 Å². The van der Waals surface area contributed by atoms with Crippen LogP contribution < -0.4 is 5.32 Å². The van der Waals surface area contributed by atoms with E-state index >= 15 is 0 Å². The second-order valence-electron chi connectivity index (χ2n) is 4.81. The minimum absolute atomic E-state index is 0.0423. The number of benzene rings is 1. The number of nitrogens with one attached hydrogen (secondary N) is 1. The fourth-order valence-electron chi connectivity index (χ4n) is 1.63. The topological polar surface area (TPSA) is 29.1 Å². The van der Waals surface area contributed by atoms with Gasteiger partial charge in [0.1, 0.15) is 6.54 Å². The third kappa shape index (κ3) is 4.04. The van der Waals surface area contributed by atoms with Gasteiger partial charge in [0, 0.05) is 12.5 Å². The molecule has 1 atom stereocenters. The molecule has 0 fully saturated rings. The molecule has 1 aromatic carbocycles. The summed E-state index contributed by atoms with van der Waals surface area (Å²) in [6, 6.07) is 10.3. The molecule has 3 nitrogen and oxygen atoms in total. The average Bonchev–Trinajstić information content (AvgIpc) is 2.29. The number of rotatable bonds is 5. The van der Waals surface area contributed by atoms with Crippen molar-refractivity contribution in [3.8, 4) is 0 Å². The van der Waals surface area contributed by atoms with E-state index in [0.29, 0.717) is 4.48 Å². The van der Waals surface area contributed by atoms with E-state index in [2.05, 4.69) is 38.1 Å². The van der Waals surface area contributed by atoms with E-state index in [1.54, 1.807) is 0 Å². The Morgan fingerprint density at radius 2 is 2.00 bits per heavy atom. The largest absolute Gasteiger partial charge is 0.305 e. The van der Waals surface area contributed by atoms with E-state index in [1.807, 2.05) is 25.1 Å². The molecule has 0 aromatic heterocycles. The summed E-state index contributed by atoms with van der Waals surface area (Å²) in [6.45, 7) is 6.34. The van der Waals surface area contributed by atoms with E-state index < -0.39 is 0 Å². The first-order chi connectivity index (χ1) is 7.95. The number of hydrogen-bond acceptors (Lipinski definition) is 1. The SMILES string of the molecule is C=CC(=O)NC(C)[N+](C)(C)Cc1ccccc1. The zero-order chi connectivity index (χ0) is 12.9. The van der Waals surface area contributed by atoms with Crippen LogP contribution in [-0.2, 0) is 11.3 Å². The van der Waals surface area contributed by atoms with Crippen LogP contribution >= 0.6 is 0 Å². The van der Waals surface area contributed by atoms with Gasteiger partial charge in [-0.15, -0.1) is 0 Å². The number of amides is 1. The Hall–Kier alpha value is -1.61. The van der Waals surface area contributed by atoms with E-state index in [0.717, 1.165) is 6.54 Å². The van der Waals surface area contributed by atoms with Gasteiger partial charge in [0.15, 0.2) is 6.17 Å². The zero-order valence-electron chi connectivity index (χ0n) is 10.8. The second-order valence-corrected chi connectivity index (χ2v) is 4.81. The summed E-state index contributed by atoms with van der Waals surface area (Å²) in [5.74, 6) is -0.128. The molecule has 0 heterocycles. The third-order valence-electron chi connectivity index (χ3n) is 3.02. The molecule has 0 spiro atoms. The van der Waals surface area contributed by atoms with Crippen molar-refractivity contribution in [1.82, 2.24) is 5.32 Å². The molecule has 0 aliphatic rings. The molecule has 1 aromatic rings. The first kappa shape index (κ1) is 13.5. The highest BCUT2D eigenvalue weighted by atomic mass is 16.1. The summed E-state index contributed by atoms with van der Waals surface area (Å²) >= 11 is 0. The number of nitrogens with zero attached hydrogens (tertiary/aromatic N) is 1. The summed E-state index contributed by atoms with van der Waals surface area (Å²) in [5, 5.41) is 2.91. The van der Waals surface area contributed by atoms with Crippen molar-refractivity contribution in [2.45, 2.75) is 19.6 Å². The van der Waals surface area contributed by atoms with E-state index in [9.17, 15) is 4.79 Å². The Bertz CT molecular complexity index is 384. The lowest BCUT2D eigenvalue weighted by atomic mass is 10.2. The third-order valence-corrected chi connectivity index (χ3v) is 3.02. The van der Waals surface area contributed by atoms with Crippen LogP contribution in [0, 0.1) is 0 Å². The lowest BCUT2D eigenvalue weighted by Gasteiger charge is -2.36. The van der Waals surface area contributed by atoms with E-state index in [1.165, 1.54) is 11.6 Å². The molecule has 0 bridgehead atoms. The monoisotopic (exact) mass is 233 g/mol. The summed E-state index contributed by atoms with van der Waals surface area (Å²) < 4.78 is 0.698. The Morgan fingerprint density at radius 1 is 1.41 bits per heavy atom. The van der Waals surface area contributed by atoms with Gasteiger partial charge in [-0.25, -0.2) is 0 Å². The molecular weight excluding hydrogens is 212 g/mol. The number of carbonyl (C=O) groups excluding carboxylic acids is 1. The number of carbonyl (C=O) groups is 1. The minimum Gasteiger partial charge on any atom is -0.305 e. The van der Waals surface area contributed by atoms with Gasteiger partial charge in [0.2, 0.25) is 5.91 Å². The standard InChI is InChI=1S/C14H20N2O/c1-5-14(17)15-12(2)16(3,4)11-13-9-7-6-8-10-13/h5-10,12H,1,11H2,2-4H3/p+1. The van der Waals surface area contributed by atoms with Gasteiger partial charge < -0.3 is 9.80 Å². The van der Waals surface area contributed by atoms with Crippen LogP contribution in [0.2, 0.25) is 0 Å². The molecule has 0 radical (unpaired) electrons. The second kappa shape index (κ2) is 5.64.